The number of benzene rings is 2. The molecule has 114 valence electrons. The van der Waals surface area contributed by atoms with Crippen molar-refractivity contribution in [2.75, 3.05) is 11.9 Å². The average Bonchev–Trinajstić information content (AvgIpc) is 2.53. The lowest BCUT2D eigenvalue weighted by Gasteiger charge is -2.18. The molecule has 2 aromatic carbocycles. The Morgan fingerprint density at radius 3 is 2.59 bits per heavy atom. The van der Waals surface area contributed by atoms with Gasteiger partial charge < -0.3 is 15.1 Å². The van der Waals surface area contributed by atoms with Gasteiger partial charge in [-0.1, -0.05) is 36.9 Å². The number of aliphatic hydroxyl groups excluding tert-OH is 1. The van der Waals surface area contributed by atoms with Gasteiger partial charge in [0.2, 0.25) is 5.91 Å². The molecule has 0 fully saturated rings. The molecule has 1 amide bonds. The van der Waals surface area contributed by atoms with E-state index in [1.54, 1.807) is 19.2 Å². The van der Waals surface area contributed by atoms with E-state index in [-0.39, 0.29) is 11.7 Å². The van der Waals surface area contributed by atoms with E-state index in [1.807, 2.05) is 30.3 Å². The van der Waals surface area contributed by atoms with Crippen molar-refractivity contribution in [2.24, 2.45) is 0 Å². The fraction of sp³-hybridized carbons (Fsp3) is 0.167. The first-order valence-corrected chi connectivity index (χ1v) is 6.97. The zero-order valence-corrected chi connectivity index (χ0v) is 12.4. The predicted molar refractivity (Wildman–Crippen MR) is 86.8 cm³/mol. The van der Waals surface area contributed by atoms with Crippen molar-refractivity contribution >= 4 is 11.6 Å². The van der Waals surface area contributed by atoms with Crippen LogP contribution in [0.15, 0.2) is 61.2 Å². The molecule has 2 aromatic rings. The highest BCUT2D eigenvalue weighted by Crippen LogP contribution is 2.26. The van der Waals surface area contributed by atoms with Crippen LogP contribution in [0, 0.1) is 0 Å². The molecule has 0 aliphatic carbocycles. The summed E-state index contributed by atoms with van der Waals surface area (Å²) >= 11 is 0. The Labute approximate surface area is 129 Å². The van der Waals surface area contributed by atoms with Crippen LogP contribution in [0.25, 0.3) is 0 Å². The van der Waals surface area contributed by atoms with E-state index in [2.05, 4.69) is 6.58 Å². The average molecular weight is 297 g/mol. The third-order valence-corrected chi connectivity index (χ3v) is 3.47. The number of nitrogens with zero attached hydrogens (tertiary/aromatic N) is 1. The van der Waals surface area contributed by atoms with Crippen molar-refractivity contribution < 1.29 is 15.0 Å². The standard InChI is InChI=1S/C18H19NO3/c1-3-18(22)19(2)15-9-13(10-16(20)12-15)11-17(21)14-7-5-4-6-8-14/h3-10,12,17,20-21H,1,11H2,2H3. The number of aliphatic hydroxyl groups is 1. The second-order valence-electron chi connectivity index (χ2n) is 5.09. The van der Waals surface area contributed by atoms with Crippen LogP contribution >= 0.6 is 0 Å². The number of hydrogen-bond acceptors (Lipinski definition) is 3. The maximum atomic E-state index is 11.7. The zero-order chi connectivity index (χ0) is 16.1. The first-order chi connectivity index (χ1) is 10.5. The van der Waals surface area contributed by atoms with Crippen molar-refractivity contribution in [3.8, 4) is 5.75 Å². The lowest BCUT2D eigenvalue weighted by Crippen LogP contribution is -2.23. The Morgan fingerprint density at radius 2 is 1.95 bits per heavy atom. The van der Waals surface area contributed by atoms with Crippen molar-refractivity contribution in [1.29, 1.82) is 0 Å². The lowest BCUT2D eigenvalue weighted by molar-refractivity contribution is -0.113. The third-order valence-electron chi connectivity index (χ3n) is 3.47. The molecule has 0 radical (unpaired) electrons. The number of likely N-dealkylation sites (N-methyl/N-ethyl adjacent to an activating group) is 1. The highest BCUT2D eigenvalue weighted by molar-refractivity contribution is 6.00. The first-order valence-electron chi connectivity index (χ1n) is 6.97. The van der Waals surface area contributed by atoms with Crippen molar-refractivity contribution in [2.45, 2.75) is 12.5 Å². The van der Waals surface area contributed by atoms with Gasteiger partial charge in [-0.15, -0.1) is 0 Å². The van der Waals surface area contributed by atoms with Gasteiger partial charge in [-0.05, 0) is 29.3 Å². The van der Waals surface area contributed by atoms with E-state index < -0.39 is 6.10 Å². The number of carbonyl (C=O) groups excluding carboxylic acids is 1. The van der Waals surface area contributed by atoms with Gasteiger partial charge in [0.25, 0.3) is 0 Å². The molecule has 0 spiro atoms. The van der Waals surface area contributed by atoms with Crippen LogP contribution in [-0.4, -0.2) is 23.2 Å². The molecule has 0 saturated heterocycles. The van der Waals surface area contributed by atoms with Crippen molar-refractivity contribution in [1.82, 2.24) is 0 Å². The molecule has 1 atom stereocenters. The summed E-state index contributed by atoms with van der Waals surface area (Å²) in [4.78, 5) is 13.0. The molecular formula is C18H19NO3. The quantitative estimate of drug-likeness (QED) is 0.834. The summed E-state index contributed by atoms with van der Waals surface area (Å²) in [5.74, 6) is -0.211. The first kappa shape index (κ1) is 15.8. The molecule has 1 unspecified atom stereocenters. The van der Waals surface area contributed by atoms with Gasteiger partial charge in [0.05, 0.1) is 6.10 Å². The number of aromatic hydroxyl groups is 1. The second-order valence-corrected chi connectivity index (χ2v) is 5.09. The Bertz CT molecular complexity index is 667. The summed E-state index contributed by atoms with van der Waals surface area (Å²) in [6.07, 6.45) is 0.889. The van der Waals surface area contributed by atoms with Crippen molar-refractivity contribution in [3.63, 3.8) is 0 Å². The van der Waals surface area contributed by atoms with E-state index in [0.717, 1.165) is 11.1 Å². The van der Waals surface area contributed by atoms with Crippen LogP contribution < -0.4 is 4.90 Å². The van der Waals surface area contributed by atoms with Crippen molar-refractivity contribution in [3.05, 3.63) is 72.3 Å². The maximum Gasteiger partial charge on any atom is 0.250 e. The summed E-state index contributed by atoms with van der Waals surface area (Å²) in [5.41, 5.74) is 2.11. The van der Waals surface area contributed by atoms with Gasteiger partial charge in [-0.2, -0.15) is 0 Å². The minimum Gasteiger partial charge on any atom is -0.508 e. The summed E-state index contributed by atoms with van der Waals surface area (Å²) in [6, 6.07) is 14.2. The van der Waals surface area contributed by atoms with E-state index >= 15 is 0 Å². The smallest absolute Gasteiger partial charge is 0.250 e. The number of phenolic OH excluding ortho intramolecular Hbond substituents is 1. The highest BCUT2D eigenvalue weighted by atomic mass is 16.3. The minimum atomic E-state index is -0.670. The Kier molecular flexibility index (Phi) is 4.96. The zero-order valence-electron chi connectivity index (χ0n) is 12.4. The SMILES string of the molecule is C=CC(=O)N(C)c1cc(O)cc(CC(O)c2ccccc2)c1. The predicted octanol–water partition coefficient (Wildman–Crippen LogP) is 2.82. The van der Waals surface area contributed by atoms with Gasteiger partial charge in [-0.25, -0.2) is 0 Å². The molecule has 0 aliphatic rings. The van der Waals surface area contributed by atoms with E-state index in [1.165, 1.54) is 17.0 Å². The molecule has 4 nitrogen and oxygen atoms in total. The lowest BCUT2D eigenvalue weighted by atomic mass is 10.0. The Hall–Kier alpha value is -2.59. The third kappa shape index (κ3) is 3.74. The molecule has 0 aliphatic heterocycles. The molecule has 2 N–H and O–H groups in total. The number of carbonyl (C=O) groups is 1. The van der Waals surface area contributed by atoms with Gasteiger partial charge in [-0.3, -0.25) is 4.79 Å². The summed E-state index contributed by atoms with van der Waals surface area (Å²) < 4.78 is 0. The molecule has 22 heavy (non-hydrogen) atoms. The number of anilines is 1. The normalized spacial score (nSPS) is 11.7. The Balaban J connectivity index is 2.23. The van der Waals surface area contributed by atoms with Gasteiger partial charge >= 0.3 is 0 Å². The van der Waals surface area contributed by atoms with Crippen LogP contribution in [0.3, 0.4) is 0 Å². The summed E-state index contributed by atoms with van der Waals surface area (Å²) in [6.45, 7) is 3.45. The van der Waals surface area contributed by atoms with Crippen LogP contribution in [-0.2, 0) is 11.2 Å². The second kappa shape index (κ2) is 6.91. The number of rotatable bonds is 5. The molecule has 2 rings (SSSR count). The molecule has 4 heteroatoms. The largest absolute Gasteiger partial charge is 0.508 e. The Morgan fingerprint density at radius 1 is 1.27 bits per heavy atom. The molecule has 0 aromatic heterocycles. The topological polar surface area (TPSA) is 60.8 Å². The maximum absolute atomic E-state index is 11.7. The summed E-state index contributed by atoms with van der Waals surface area (Å²) in [7, 11) is 1.61. The van der Waals surface area contributed by atoms with E-state index in [9.17, 15) is 15.0 Å². The molecule has 0 heterocycles. The summed E-state index contributed by atoms with van der Waals surface area (Å²) in [5, 5.41) is 20.1. The molecule has 0 saturated carbocycles. The van der Waals surface area contributed by atoms with Gasteiger partial charge in [0.15, 0.2) is 0 Å². The molecule has 0 bridgehead atoms. The highest BCUT2D eigenvalue weighted by Gasteiger charge is 2.13. The number of phenols is 1. The minimum absolute atomic E-state index is 0.0523. The van der Waals surface area contributed by atoms with E-state index in [0.29, 0.717) is 12.1 Å². The van der Waals surface area contributed by atoms with Gasteiger partial charge in [0.1, 0.15) is 5.75 Å². The van der Waals surface area contributed by atoms with Gasteiger partial charge in [0, 0.05) is 25.2 Å². The van der Waals surface area contributed by atoms with Crippen LogP contribution in [0.2, 0.25) is 0 Å². The van der Waals surface area contributed by atoms with Crippen LogP contribution in [0.4, 0.5) is 5.69 Å². The van der Waals surface area contributed by atoms with E-state index in [4.69, 9.17) is 0 Å². The fourth-order valence-electron chi connectivity index (χ4n) is 2.25. The molecular weight excluding hydrogens is 278 g/mol. The van der Waals surface area contributed by atoms with Crippen LogP contribution in [0.5, 0.6) is 5.75 Å². The van der Waals surface area contributed by atoms with Crippen LogP contribution in [0.1, 0.15) is 17.2 Å². The number of hydrogen-bond donors (Lipinski definition) is 2. The fourth-order valence-corrected chi connectivity index (χ4v) is 2.25. The number of amides is 1. The monoisotopic (exact) mass is 297 g/mol.